The SMILES string of the molecule is CCC(CCOC)(NC(C)=O)c1cccc(Br)c1. The van der Waals surface area contributed by atoms with Crippen LogP contribution in [-0.4, -0.2) is 19.6 Å². The van der Waals surface area contributed by atoms with Gasteiger partial charge in [-0.25, -0.2) is 0 Å². The average Bonchev–Trinajstić information content (AvgIpc) is 2.34. The maximum atomic E-state index is 11.5. The van der Waals surface area contributed by atoms with Crippen molar-refractivity contribution < 1.29 is 9.53 Å². The van der Waals surface area contributed by atoms with Crippen molar-refractivity contribution in [2.45, 2.75) is 32.2 Å². The molecule has 4 heteroatoms. The van der Waals surface area contributed by atoms with Gasteiger partial charge in [0.15, 0.2) is 0 Å². The summed E-state index contributed by atoms with van der Waals surface area (Å²) in [5.41, 5.74) is 0.748. The molecule has 1 atom stereocenters. The highest BCUT2D eigenvalue weighted by molar-refractivity contribution is 9.10. The summed E-state index contributed by atoms with van der Waals surface area (Å²) >= 11 is 3.47. The minimum Gasteiger partial charge on any atom is -0.385 e. The number of halogens is 1. The molecular weight excluding hydrogens is 294 g/mol. The summed E-state index contributed by atoms with van der Waals surface area (Å²) in [5, 5.41) is 3.08. The first-order valence-electron chi connectivity index (χ1n) is 6.08. The van der Waals surface area contributed by atoms with Crippen LogP contribution in [0, 0.1) is 0 Å². The molecule has 3 nitrogen and oxygen atoms in total. The monoisotopic (exact) mass is 313 g/mol. The summed E-state index contributed by atoms with van der Waals surface area (Å²) < 4.78 is 6.18. The maximum Gasteiger partial charge on any atom is 0.217 e. The van der Waals surface area contributed by atoms with E-state index < -0.39 is 0 Å². The molecule has 1 N–H and O–H groups in total. The Kier molecular flexibility index (Phi) is 5.82. The van der Waals surface area contributed by atoms with Crippen molar-refractivity contribution in [3.05, 3.63) is 34.3 Å². The predicted octanol–water partition coefficient (Wildman–Crippen LogP) is 3.23. The molecule has 1 aromatic carbocycles. The van der Waals surface area contributed by atoms with Crippen LogP contribution in [0.1, 0.15) is 32.3 Å². The lowest BCUT2D eigenvalue weighted by Crippen LogP contribution is -2.45. The summed E-state index contributed by atoms with van der Waals surface area (Å²) in [4.78, 5) is 11.5. The molecule has 0 radical (unpaired) electrons. The van der Waals surface area contributed by atoms with Gasteiger partial charge in [0.05, 0.1) is 5.54 Å². The first-order chi connectivity index (χ1) is 8.54. The van der Waals surface area contributed by atoms with Crippen molar-refractivity contribution in [1.82, 2.24) is 5.32 Å². The second-order valence-electron chi connectivity index (χ2n) is 4.37. The van der Waals surface area contributed by atoms with Gasteiger partial charge < -0.3 is 10.1 Å². The van der Waals surface area contributed by atoms with Crippen LogP contribution in [-0.2, 0) is 15.1 Å². The third-order valence-electron chi connectivity index (χ3n) is 3.13. The molecule has 0 aliphatic heterocycles. The molecule has 0 aliphatic carbocycles. The molecule has 0 bridgehead atoms. The minimum atomic E-state index is -0.356. The van der Waals surface area contributed by atoms with Gasteiger partial charge in [-0.1, -0.05) is 35.0 Å². The van der Waals surface area contributed by atoms with E-state index in [1.165, 1.54) is 0 Å². The fraction of sp³-hybridized carbons (Fsp3) is 0.500. The van der Waals surface area contributed by atoms with Crippen LogP contribution < -0.4 is 5.32 Å². The molecule has 0 aliphatic rings. The summed E-state index contributed by atoms with van der Waals surface area (Å²) in [6.07, 6.45) is 1.59. The summed E-state index contributed by atoms with van der Waals surface area (Å²) in [6, 6.07) is 8.06. The Morgan fingerprint density at radius 2 is 2.22 bits per heavy atom. The fourth-order valence-electron chi connectivity index (χ4n) is 2.15. The third kappa shape index (κ3) is 3.82. The topological polar surface area (TPSA) is 38.3 Å². The standard InChI is InChI=1S/C14H20BrNO2/c1-4-14(8-9-18-3,16-11(2)17)12-6-5-7-13(15)10-12/h5-7,10H,4,8-9H2,1-3H3,(H,16,17). The van der Waals surface area contributed by atoms with Gasteiger partial charge in [0.2, 0.25) is 5.91 Å². The average molecular weight is 314 g/mol. The molecule has 1 aromatic rings. The molecular formula is C14H20BrNO2. The highest BCUT2D eigenvalue weighted by Crippen LogP contribution is 2.30. The van der Waals surface area contributed by atoms with Crippen molar-refractivity contribution >= 4 is 21.8 Å². The lowest BCUT2D eigenvalue weighted by Gasteiger charge is -2.34. The lowest BCUT2D eigenvalue weighted by atomic mass is 9.84. The van der Waals surface area contributed by atoms with Crippen LogP contribution in [0.5, 0.6) is 0 Å². The van der Waals surface area contributed by atoms with E-state index >= 15 is 0 Å². The van der Waals surface area contributed by atoms with Crippen LogP contribution in [0.25, 0.3) is 0 Å². The Labute approximate surface area is 117 Å². The number of methoxy groups -OCH3 is 1. The second-order valence-corrected chi connectivity index (χ2v) is 5.29. The van der Waals surface area contributed by atoms with Gasteiger partial charge in [-0.2, -0.15) is 0 Å². The van der Waals surface area contributed by atoms with Crippen LogP contribution in [0.4, 0.5) is 0 Å². The molecule has 1 amide bonds. The van der Waals surface area contributed by atoms with Gasteiger partial charge in [0.1, 0.15) is 0 Å². The molecule has 0 saturated heterocycles. The highest BCUT2D eigenvalue weighted by Gasteiger charge is 2.30. The zero-order valence-electron chi connectivity index (χ0n) is 11.1. The highest BCUT2D eigenvalue weighted by atomic mass is 79.9. The van der Waals surface area contributed by atoms with Crippen LogP contribution in [0.15, 0.2) is 28.7 Å². The Morgan fingerprint density at radius 1 is 1.50 bits per heavy atom. The zero-order valence-corrected chi connectivity index (χ0v) is 12.7. The molecule has 1 rings (SSSR count). The Bertz CT molecular complexity index is 409. The lowest BCUT2D eigenvalue weighted by molar-refractivity contribution is -0.121. The van der Waals surface area contributed by atoms with E-state index in [0.29, 0.717) is 6.61 Å². The number of nitrogens with one attached hydrogen (secondary N) is 1. The van der Waals surface area contributed by atoms with Gasteiger partial charge in [0.25, 0.3) is 0 Å². The molecule has 1 unspecified atom stereocenters. The van der Waals surface area contributed by atoms with E-state index in [9.17, 15) is 4.79 Å². The number of carbonyl (C=O) groups excluding carboxylic acids is 1. The Balaban J connectivity index is 3.11. The minimum absolute atomic E-state index is 0.0204. The fourth-order valence-corrected chi connectivity index (χ4v) is 2.55. The third-order valence-corrected chi connectivity index (χ3v) is 3.62. The van der Waals surface area contributed by atoms with Crippen LogP contribution in [0.3, 0.4) is 0 Å². The molecule has 0 aromatic heterocycles. The number of benzene rings is 1. The predicted molar refractivity (Wildman–Crippen MR) is 76.4 cm³/mol. The number of ether oxygens (including phenoxy) is 1. The van der Waals surface area contributed by atoms with Crippen molar-refractivity contribution in [3.63, 3.8) is 0 Å². The molecule has 0 spiro atoms. The number of hydrogen-bond acceptors (Lipinski definition) is 2. The van der Waals surface area contributed by atoms with Crippen molar-refractivity contribution in [2.24, 2.45) is 0 Å². The van der Waals surface area contributed by atoms with E-state index in [-0.39, 0.29) is 11.4 Å². The molecule has 100 valence electrons. The zero-order chi connectivity index (χ0) is 13.6. The summed E-state index contributed by atoms with van der Waals surface area (Å²) in [5.74, 6) is -0.0204. The van der Waals surface area contributed by atoms with Crippen LogP contribution >= 0.6 is 15.9 Å². The quantitative estimate of drug-likeness (QED) is 0.875. The molecule has 18 heavy (non-hydrogen) atoms. The van der Waals surface area contributed by atoms with Gasteiger partial charge in [-0.15, -0.1) is 0 Å². The van der Waals surface area contributed by atoms with Gasteiger partial charge in [-0.05, 0) is 30.5 Å². The van der Waals surface area contributed by atoms with Gasteiger partial charge >= 0.3 is 0 Å². The summed E-state index contributed by atoms with van der Waals surface area (Å²) in [7, 11) is 1.68. The number of carbonyl (C=O) groups is 1. The maximum absolute atomic E-state index is 11.5. The Morgan fingerprint density at radius 3 is 2.72 bits per heavy atom. The molecule has 0 heterocycles. The van der Waals surface area contributed by atoms with Crippen molar-refractivity contribution in [3.8, 4) is 0 Å². The van der Waals surface area contributed by atoms with E-state index in [0.717, 1.165) is 22.9 Å². The van der Waals surface area contributed by atoms with E-state index in [2.05, 4.69) is 34.2 Å². The second kappa shape index (κ2) is 6.90. The molecule has 0 fully saturated rings. The normalized spacial score (nSPS) is 14.0. The van der Waals surface area contributed by atoms with Crippen molar-refractivity contribution in [1.29, 1.82) is 0 Å². The molecule has 0 saturated carbocycles. The van der Waals surface area contributed by atoms with Crippen LogP contribution in [0.2, 0.25) is 0 Å². The van der Waals surface area contributed by atoms with Crippen molar-refractivity contribution in [2.75, 3.05) is 13.7 Å². The first kappa shape index (κ1) is 15.2. The van der Waals surface area contributed by atoms with E-state index in [1.807, 2.05) is 18.2 Å². The Hall–Kier alpha value is -0.870. The van der Waals surface area contributed by atoms with E-state index in [1.54, 1.807) is 14.0 Å². The number of hydrogen-bond donors (Lipinski definition) is 1. The van der Waals surface area contributed by atoms with Gasteiger partial charge in [-0.3, -0.25) is 4.79 Å². The smallest absolute Gasteiger partial charge is 0.217 e. The first-order valence-corrected chi connectivity index (χ1v) is 6.87. The van der Waals surface area contributed by atoms with Gasteiger partial charge in [0, 0.05) is 25.1 Å². The van der Waals surface area contributed by atoms with E-state index in [4.69, 9.17) is 4.74 Å². The summed E-state index contributed by atoms with van der Waals surface area (Å²) in [6.45, 7) is 4.24. The largest absolute Gasteiger partial charge is 0.385 e. The number of amides is 1. The number of rotatable bonds is 6.